The molecule has 0 aromatic heterocycles. The average Bonchev–Trinajstić information content (AvgIpc) is 2.55. The molecule has 0 unspecified atom stereocenters. The molecule has 6 heteroatoms. The maximum atomic E-state index is 13.7. The molecule has 0 fully saturated rings. The van der Waals surface area contributed by atoms with Crippen molar-refractivity contribution in [3.05, 3.63) is 65.5 Å². The number of carbonyl (C=O) groups is 2. The molecule has 0 heterocycles. The monoisotopic (exact) mass is 372 g/mol. The maximum Gasteiger partial charge on any atom is 0.410 e. The fraction of sp³-hybridized carbons (Fsp3) is 0.333. The first-order chi connectivity index (χ1) is 12.6. The number of hydrogen-bond acceptors (Lipinski definition) is 3. The highest BCUT2D eigenvalue weighted by Crippen LogP contribution is 2.15. The molecule has 0 spiro atoms. The molecule has 0 aliphatic rings. The Hall–Kier alpha value is -2.89. The molecule has 0 saturated heterocycles. The minimum Gasteiger partial charge on any atom is -0.444 e. The molecule has 2 amide bonds. The number of nitrogens with one attached hydrogen (secondary N) is 1. The zero-order valence-corrected chi connectivity index (χ0v) is 16.1. The average molecular weight is 372 g/mol. The molecule has 27 heavy (non-hydrogen) atoms. The Morgan fingerprint density at radius 2 is 1.81 bits per heavy atom. The summed E-state index contributed by atoms with van der Waals surface area (Å²) in [6.45, 7) is 5.77. The molecule has 0 aliphatic carbocycles. The second-order valence-electron chi connectivity index (χ2n) is 7.35. The predicted octanol–water partition coefficient (Wildman–Crippen LogP) is 4.37. The molecule has 0 radical (unpaired) electrons. The van der Waals surface area contributed by atoms with E-state index in [2.05, 4.69) is 5.32 Å². The van der Waals surface area contributed by atoms with E-state index in [0.29, 0.717) is 17.8 Å². The van der Waals surface area contributed by atoms with Gasteiger partial charge in [-0.05, 0) is 50.1 Å². The van der Waals surface area contributed by atoms with Crippen molar-refractivity contribution >= 4 is 17.7 Å². The third-order valence-corrected chi connectivity index (χ3v) is 3.64. The number of ether oxygens (including phenoxy) is 1. The Balaban J connectivity index is 1.97. The molecular formula is C21H25FN2O3. The molecule has 144 valence electrons. The summed E-state index contributed by atoms with van der Waals surface area (Å²) >= 11 is 0. The summed E-state index contributed by atoms with van der Waals surface area (Å²) in [5.41, 5.74) is 1.21. The van der Waals surface area contributed by atoms with Gasteiger partial charge < -0.3 is 15.0 Å². The van der Waals surface area contributed by atoms with Crippen LogP contribution in [0.15, 0.2) is 48.5 Å². The Morgan fingerprint density at radius 3 is 2.48 bits per heavy atom. The van der Waals surface area contributed by atoms with Crippen LogP contribution in [0, 0.1) is 5.82 Å². The van der Waals surface area contributed by atoms with Crippen molar-refractivity contribution in [2.45, 2.75) is 39.3 Å². The van der Waals surface area contributed by atoms with Crippen molar-refractivity contribution in [2.75, 3.05) is 12.4 Å². The normalized spacial score (nSPS) is 11.0. The standard InChI is InChI=1S/C21H25FN2O3/c1-21(2,3)27-20(26)24(4)14-15-8-7-10-17(12-15)23-19(25)13-16-9-5-6-11-18(16)22/h5-12H,13-14H2,1-4H3,(H,23,25). The lowest BCUT2D eigenvalue weighted by molar-refractivity contribution is -0.115. The van der Waals surface area contributed by atoms with Crippen molar-refractivity contribution in [3.8, 4) is 0 Å². The zero-order chi connectivity index (χ0) is 20.0. The molecule has 0 saturated carbocycles. The van der Waals surface area contributed by atoms with E-state index < -0.39 is 17.5 Å². The van der Waals surface area contributed by atoms with Gasteiger partial charge in [-0.25, -0.2) is 9.18 Å². The summed E-state index contributed by atoms with van der Waals surface area (Å²) in [4.78, 5) is 25.7. The molecule has 2 aromatic carbocycles. The topological polar surface area (TPSA) is 58.6 Å². The number of carbonyl (C=O) groups excluding carboxylic acids is 2. The van der Waals surface area contributed by atoms with E-state index in [1.807, 2.05) is 26.8 Å². The molecule has 0 bridgehead atoms. The van der Waals surface area contributed by atoms with Crippen molar-refractivity contribution in [1.82, 2.24) is 4.90 Å². The lowest BCUT2D eigenvalue weighted by Gasteiger charge is -2.24. The lowest BCUT2D eigenvalue weighted by Crippen LogP contribution is -2.33. The molecule has 0 atom stereocenters. The zero-order valence-electron chi connectivity index (χ0n) is 16.1. The highest BCUT2D eigenvalue weighted by Gasteiger charge is 2.19. The number of rotatable bonds is 5. The van der Waals surface area contributed by atoms with E-state index in [9.17, 15) is 14.0 Å². The van der Waals surface area contributed by atoms with Gasteiger partial charge >= 0.3 is 6.09 Å². The maximum absolute atomic E-state index is 13.7. The highest BCUT2D eigenvalue weighted by molar-refractivity contribution is 5.92. The van der Waals surface area contributed by atoms with Crippen LogP contribution in [0.5, 0.6) is 0 Å². The van der Waals surface area contributed by atoms with Gasteiger partial charge in [0.15, 0.2) is 0 Å². The van der Waals surface area contributed by atoms with E-state index >= 15 is 0 Å². The number of benzene rings is 2. The summed E-state index contributed by atoms with van der Waals surface area (Å²) in [6, 6.07) is 13.4. The van der Waals surface area contributed by atoms with Gasteiger partial charge in [-0.15, -0.1) is 0 Å². The van der Waals surface area contributed by atoms with Crippen molar-refractivity contribution in [1.29, 1.82) is 0 Å². The summed E-state index contributed by atoms with van der Waals surface area (Å²) in [5, 5.41) is 2.76. The molecule has 2 rings (SSSR count). The van der Waals surface area contributed by atoms with Gasteiger partial charge in [-0.1, -0.05) is 30.3 Å². The van der Waals surface area contributed by atoms with Crippen LogP contribution < -0.4 is 5.32 Å². The minimum atomic E-state index is -0.562. The lowest BCUT2D eigenvalue weighted by atomic mass is 10.1. The van der Waals surface area contributed by atoms with E-state index in [1.54, 1.807) is 43.4 Å². The van der Waals surface area contributed by atoms with E-state index in [0.717, 1.165) is 5.56 Å². The first kappa shape index (κ1) is 20.4. The second kappa shape index (κ2) is 8.66. The Morgan fingerprint density at radius 1 is 1.11 bits per heavy atom. The fourth-order valence-corrected chi connectivity index (χ4v) is 2.45. The van der Waals surface area contributed by atoms with Gasteiger partial charge in [0.05, 0.1) is 6.42 Å². The fourth-order valence-electron chi connectivity index (χ4n) is 2.45. The summed E-state index contributed by atoms with van der Waals surface area (Å²) in [6.07, 6.45) is -0.467. The Kier molecular flexibility index (Phi) is 6.55. The number of amides is 2. The number of nitrogens with zero attached hydrogens (tertiary/aromatic N) is 1. The van der Waals surface area contributed by atoms with Gasteiger partial charge in [0.25, 0.3) is 0 Å². The Bertz CT molecular complexity index is 815. The third-order valence-electron chi connectivity index (χ3n) is 3.64. The van der Waals surface area contributed by atoms with Crippen LogP contribution in [0.1, 0.15) is 31.9 Å². The summed E-state index contributed by atoms with van der Waals surface area (Å²) in [7, 11) is 1.65. The first-order valence-electron chi connectivity index (χ1n) is 8.70. The first-order valence-corrected chi connectivity index (χ1v) is 8.70. The van der Waals surface area contributed by atoms with Gasteiger partial charge in [-0.2, -0.15) is 0 Å². The molecule has 0 aliphatic heterocycles. The number of halogens is 1. The van der Waals surface area contributed by atoms with Crippen LogP contribution in [0.4, 0.5) is 14.9 Å². The smallest absolute Gasteiger partial charge is 0.410 e. The largest absolute Gasteiger partial charge is 0.444 e. The highest BCUT2D eigenvalue weighted by atomic mass is 19.1. The van der Waals surface area contributed by atoms with Crippen molar-refractivity contribution in [3.63, 3.8) is 0 Å². The SMILES string of the molecule is CN(Cc1cccc(NC(=O)Cc2ccccc2F)c1)C(=O)OC(C)(C)C. The quantitative estimate of drug-likeness (QED) is 0.848. The molecule has 2 aromatic rings. The van der Waals surface area contributed by atoms with Gasteiger partial charge in [0.1, 0.15) is 11.4 Å². The Labute approximate surface area is 159 Å². The molecular weight excluding hydrogens is 347 g/mol. The molecule has 5 nitrogen and oxygen atoms in total. The van der Waals surface area contributed by atoms with E-state index in [-0.39, 0.29) is 12.3 Å². The minimum absolute atomic E-state index is 0.0469. The van der Waals surface area contributed by atoms with Crippen molar-refractivity contribution in [2.24, 2.45) is 0 Å². The van der Waals surface area contributed by atoms with E-state index in [1.165, 1.54) is 11.0 Å². The second-order valence-corrected chi connectivity index (χ2v) is 7.35. The van der Waals surface area contributed by atoms with Crippen LogP contribution in [0.3, 0.4) is 0 Å². The van der Waals surface area contributed by atoms with Gasteiger partial charge in [-0.3, -0.25) is 4.79 Å². The predicted molar refractivity (Wildman–Crippen MR) is 103 cm³/mol. The summed E-state index contributed by atoms with van der Waals surface area (Å²) < 4.78 is 19.0. The van der Waals surface area contributed by atoms with Crippen LogP contribution in [-0.4, -0.2) is 29.5 Å². The van der Waals surface area contributed by atoms with Crippen molar-refractivity contribution < 1.29 is 18.7 Å². The van der Waals surface area contributed by atoms with Crippen LogP contribution in [0.25, 0.3) is 0 Å². The third kappa shape index (κ3) is 6.73. The van der Waals surface area contributed by atoms with Gasteiger partial charge in [0, 0.05) is 19.3 Å². The number of hydrogen-bond donors (Lipinski definition) is 1. The molecule has 1 N–H and O–H groups in total. The van der Waals surface area contributed by atoms with Gasteiger partial charge in [0.2, 0.25) is 5.91 Å². The summed E-state index contributed by atoms with van der Waals surface area (Å²) in [5.74, 6) is -0.710. The number of anilines is 1. The van der Waals surface area contributed by atoms with Crippen LogP contribution >= 0.6 is 0 Å². The van der Waals surface area contributed by atoms with E-state index in [4.69, 9.17) is 4.74 Å². The van der Waals surface area contributed by atoms with Crippen LogP contribution in [0.2, 0.25) is 0 Å². The van der Waals surface area contributed by atoms with Crippen LogP contribution in [-0.2, 0) is 22.5 Å².